The van der Waals surface area contributed by atoms with Crippen molar-refractivity contribution >= 4 is 26.8 Å². The van der Waals surface area contributed by atoms with Crippen LogP contribution in [0.25, 0.3) is 11.2 Å². The smallest absolute Gasteiger partial charge is 0.347 e. The van der Waals surface area contributed by atoms with Crippen molar-refractivity contribution in [3.05, 3.63) is 23.0 Å². The molecule has 194 valence electrons. The summed E-state index contributed by atoms with van der Waals surface area (Å²) in [6.45, 7) is 3.01. The lowest BCUT2D eigenvalue weighted by Crippen LogP contribution is -2.32. The van der Waals surface area contributed by atoms with E-state index < -0.39 is 52.6 Å². The molecule has 0 aromatic carbocycles. The van der Waals surface area contributed by atoms with Crippen molar-refractivity contribution in [1.82, 2.24) is 19.1 Å². The average molecular weight is 536 g/mol. The fourth-order valence-electron chi connectivity index (χ4n) is 4.39. The second-order valence-electron chi connectivity index (χ2n) is 8.91. The van der Waals surface area contributed by atoms with E-state index in [0.717, 1.165) is 0 Å². The van der Waals surface area contributed by atoms with Crippen LogP contribution in [0.1, 0.15) is 39.3 Å². The van der Waals surface area contributed by atoms with Gasteiger partial charge >= 0.3 is 15.6 Å². The van der Waals surface area contributed by atoms with Crippen LogP contribution in [0, 0.1) is 0 Å². The third kappa shape index (κ3) is 5.16. The summed E-state index contributed by atoms with van der Waals surface area (Å²) in [4.78, 5) is 41.4. The number of phosphoric ester groups is 2. The van der Waals surface area contributed by atoms with Crippen molar-refractivity contribution in [2.24, 2.45) is 0 Å². The highest BCUT2D eigenvalue weighted by atomic mass is 31.3. The predicted octanol–water partition coefficient (Wildman–Crippen LogP) is 1.44. The van der Waals surface area contributed by atoms with E-state index in [0.29, 0.717) is 25.8 Å². The Bertz CT molecular complexity index is 1260. The quantitative estimate of drug-likeness (QED) is 0.462. The molecule has 4 aliphatic rings. The third-order valence-electron chi connectivity index (χ3n) is 5.86. The molecule has 2 fully saturated rings. The van der Waals surface area contributed by atoms with E-state index in [-0.39, 0.29) is 23.3 Å². The maximum atomic E-state index is 12.9. The van der Waals surface area contributed by atoms with E-state index in [2.05, 4.69) is 14.3 Å². The van der Waals surface area contributed by atoms with E-state index in [1.807, 2.05) is 0 Å². The Hall–Kier alpha value is -1.51. The van der Waals surface area contributed by atoms with Gasteiger partial charge in [0, 0.05) is 6.54 Å². The average Bonchev–Trinajstić information content (AvgIpc) is 3.40. The van der Waals surface area contributed by atoms with Gasteiger partial charge in [0.05, 0.1) is 19.5 Å². The topological polar surface area (TPSA) is 183 Å². The Labute approximate surface area is 199 Å². The first kappa shape index (κ1) is 25.2. The van der Waals surface area contributed by atoms with Crippen LogP contribution in [0.4, 0.5) is 0 Å². The lowest BCUT2D eigenvalue weighted by atomic mass is 10.1. The largest absolute Gasteiger partial charge is 0.481 e. The number of nitrogens with zero attached hydrogens (tertiary/aromatic N) is 4. The van der Waals surface area contributed by atoms with Gasteiger partial charge in [0.1, 0.15) is 24.6 Å². The Balaban J connectivity index is 1.50. The Morgan fingerprint density at radius 3 is 2.57 bits per heavy atom. The van der Waals surface area contributed by atoms with Gasteiger partial charge in [-0.25, -0.2) is 19.1 Å². The maximum absolute atomic E-state index is 12.9. The summed E-state index contributed by atoms with van der Waals surface area (Å²) < 4.78 is 59.5. The molecular weight excluding hydrogens is 510 g/mol. The standard InChI is InChI=1S/C18H26N4O11P2/c1-18(2)31-13-11-8-29-35(26,27)33-34(24,25)28-7-5-3-4-6-21-9-20-15-12(16(21)23)19-10-22(15)17(30-11)14(13)32-18/h9-11,13-14,17H,3-8H2,1-2H3,(H,24,25)(H,26,27)/t11-,13-,14-,17-/m1/s1. The number of hydrogen-bond acceptors (Lipinski definition) is 11. The van der Waals surface area contributed by atoms with Crippen LogP contribution in [-0.2, 0) is 43.2 Å². The number of aryl methyl sites for hydroxylation is 1. The molecule has 0 amide bonds. The zero-order valence-electron chi connectivity index (χ0n) is 19.0. The summed E-state index contributed by atoms with van der Waals surface area (Å²) in [7, 11) is -9.87. The molecule has 2 N–H and O–H groups in total. The number of fused-ring (bicyclic) bond motifs is 12. The molecule has 6 rings (SSSR count). The minimum Gasteiger partial charge on any atom is -0.347 e. The van der Waals surface area contributed by atoms with E-state index in [1.165, 1.54) is 17.2 Å². The van der Waals surface area contributed by atoms with E-state index in [4.69, 9.17) is 23.3 Å². The summed E-state index contributed by atoms with van der Waals surface area (Å²) in [6, 6.07) is 0. The van der Waals surface area contributed by atoms with Gasteiger partial charge in [0.2, 0.25) is 0 Å². The van der Waals surface area contributed by atoms with Crippen molar-refractivity contribution in [2.45, 2.75) is 70.0 Å². The molecule has 0 spiro atoms. The second-order valence-corrected chi connectivity index (χ2v) is 11.9. The SMILES string of the molecule is CC1(C)O[C@@H]2[C@H](O1)[C@H]1COP(=O)(O)OP(=O)(O)OCCCCCn3cnc4c(ncn4[C@@H]2O1)c3=O. The molecule has 6 heterocycles. The number of rotatable bonds is 0. The van der Waals surface area contributed by atoms with Crippen LogP contribution in [0.15, 0.2) is 17.4 Å². The summed E-state index contributed by atoms with van der Waals surface area (Å²) in [5.41, 5.74) is 0.116. The number of hydrogen-bond donors (Lipinski definition) is 2. The molecule has 6 bridgehead atoms. The van der Waals surface area contributed by atoms with Crippen LogP contribution in [-0.4, -0.2) is 66.2 Å². The maximum Gasteiger partial charge on any atom is 0.481 e. The number of phosphoric acid groups is 2. The fourth-order valence-corrected chi connectivity index (χ4v) is 6.51. The normalized spacial score (nSPS) is 38.3. The minimum absolute atomic E-state index is 0.154. The van der Waals surface area contributed by atoms with Gasteiger partial charge in [-0.3, -0.25) is 23.0 Å². The van der Waals surface area contributed by atoms with Gasteiger partial charge in [-0.15, -0.1) is 0 Å². The van der Waals surface area contributed by atoms with Crippen molar-refractivity contribution in [3.63, 3.8) is 0 Å². The number of imidazole rings is 1. The first-order valence-corrected chi connectivity index (χ1v) is 14.0. The van der Waals surface area contributed by atoms with E-state index in [9.17, 15) is 23.7 Å². The van der Waals surface area contributed by atoms with Gasteiger partial charge in [0.25, 0.3) is 5.56 Å². The molecule has 2 aromatic heterocycles. The third-order valence-corrected chi connectivity index (χ3v) is 8.49. The molecule has 2 saturated heterocycles. The summed E-state index contributed by atoms with van der Waals surface area (Å²) in [5, 5.41) is 0. The zero-order valence-corrected chi connectivity index (χ0v) is 20.7. The van der Waals surface area contributed by atoms with Crippen molar-refractivity contribution in [2.75, 3.05) is 13.2 Å². The first-order valence-electron chi connectivity index (χ1n) is 11.0. The van der Waals surface area contributed by atoms with E-state index >= 15 is 0 Å². The fraction of sp³-hybridized carbons (Fsp3) is 0.722. The molecule has 35 heavy (non-hydrogen) atoms. The molecule has 0 saturated carbocycles. The highest BCUT2D eigenvalue weighted by Gasteiger charge is 2.56. The van der Waals surface area contributed by atoms with Gasteiger partial charge in [-0.2, -0.15) is 4.31 Å². The summed E-state index contributed by atoms with van der Waals surface area (Å²) in [5.74, 6) is -1.00. The van der Waals surface area contributed by atoms with Gasteiger partial charge in [-0.1, -0.05) is 0 Å². The van der Waals surface area contributed by atoms with Crippen molar-refractivity contribution in [1.29, 1.82) is 0 Å². The predicted molar refractivity (Wildman–Crippen MR) is 116 cm³/mol. The highest BCUT2D eigenvalue weighted by Crippen LogP contribution is 2.60. The molecule has 0 aliphatic carbocycles. The van der Waals surface area contributed by atoms with Crippen molar-refractivity contribution < 1.29 is 46.5 Å². The molecule has 2 aromatic rings. The Morgan fingerprint density at radius 2 is 1.77 bits per heavy atom. The summed E-state index contributed by atoms with van der Waals surface area (Å²) >= 11 is 0. The van der Waals surface area contributed by atoms with Gasteiger partial charge in [0.15, 0.2) is 23.2 Å². The molecule has 15 nitrogen and oxygen atoms in total. The van der Waals surface area contributed by atoms with Crippen molar-refractivity contribution in [3.8, 4) is 0 Å². The lowest BCUT2D eigenvalue weighted by Gasteiger charge is -2.25. The van der Waals surface area contributed by atoms with Gasteiger partial charge < -0.3 is 24.0 Å². The second kappa shape index (κ2) is 9.10. The van der Waals surface area contributed by atoms with Crippen LogP contribution >= 0.6 is 15.6 Å². The highest BCUT2D eigenvalue weighted by molar-refractivity contribution is 7.61. The number of ether oxygens (including phenoxy) is 3. The molecule has 4 aliphatic heterocycles. The molecular formula is C18H26N4O11P2. The van der Waals surface area contributed by atoms with Crippen LogP contribution < -0.4 is 5.56 Å². The zero-order chi connectivity index (χ0) is 25.0. The van der Waals surface area contributed by atoms with E-state index in [1.54, 1.807) is 18.4 Å². The summed E-state index contributed by atoms with van der Waals surface area (Å²) in [6.07, 6.45) is 1.05. The lowest BCUT2D eigenvalue weighted by molar-refractivity contribution is -0.199. The molecule has 6 atom stereocenters. The van der Waals surface area contributed by atoms with Crippen LogP contribution in [0.5, 0.6) is 0 Å². The monoisotopic (exact) mass is 536 g/mol. The molecule has 0 radical (unpaired) electrons. The molecule has 17 heteroatoms. The van der Waals surface area contributed by atoms with Crippen LogP contribution in [0.2, 0.25) is 0 Å². The Kier molecular flexibility index (Phi) is 6.54. The molecule has 2 unspecified atom stereocenters. The minimum atomic E-state index is -5.00. The number of aromatic nitrogens is 4. The van der Waals surface area contributed by atoms with Crippen LogP contribution in [0.3, 0.4) is 0 Å². The van der Waals surface area contributed by atoms with Gasteiger partial charge in [-0.05, 0) is 33.1 Å². The Morgan fingerprint density at radius 1 is 1.03 bits per heavy atom. The first-order chi connectivity index (χ1) is 16.4.